The van der Waals surface area contributed by atoms with Gasteiger partial charge in [-0.1, -0.05) is 20.8 Å². The van der Waals surface area contributed by atoms with Crippen LogP contribution in [0.15, 0.2) is 0 Å². The van der Waals surface area contributed by atoms with Crippen molar-refractivity contribution in [1.29, 1.82) is 0 Å². The molecule has 2 nitrogen and oxygen atoms in total. The number of carbonyl (C=O) groups excluding carboxylic acids is 1. The minimum atomic E-state index is -0.202. The van der Waals surface area contributed by atoms with Crippen LogP contribution >= 0.6 is 0 Å². The monoisotopic (exact) mass is 236 g/mol. The second-order valence-electron chi connectivity index (χ2n) is 7.39. The Labute approximate surface area is 104 Å². The molecule has 0 bridgehead atoms. The maximum atomic E-state index is 11.6. The lowest BCUT2D eigenvalue weighted by Gasteiger charge is -2.46. The van der Waals surface area contributed by atoms with Gasteiger partial charge in [-0.2, -0.15) is 0 Å². The zero-order valence-corrected chi connectivity index (χ0v) is 11.2. The zero-order valence-electron chi connectivity index (χ0n) is 11.2. The van der Waals surface area contributed by atoms with Gasteiger partial charge in [0, 0.05) is 5.41 Å². The van der Waals surface area contributed by atoms with Crippen LogP contribution in [0.5, 0.6) is 0 Å². The first kappa shape index (κ1) is 11.7. The highest BCUT2D eigenvalue weighted by Crippen LogP contribution is 2.89. The van der Waals surface area contributed by atoms with Crippen LogP contribution in [0.2, 0.25) is 0 Å². The van der Waals surface area contributed by atoms with E-state index in [4.69, 9.17) is 0 Å². The van der Waals surface area contributed by atoms with Gasteiger partial charge in [0.15, 0.2) is 0 Å². The molecule has 5 unspecified atom stereocenters. The quantitative estimate of drug-likeness (QED) is 0.711. The van der Waals surface area contributed by atoms with Gasteiger partial charge in [-0.05, 0) is 54.8 Å². The van der Waals surface area contributed by atoms with E-state index in [1.54, 1.807) is 0 Å². The Morgan fingerprint density at radius 1 is 1.24 bits per heavy atom. The van der Waals surface area contributed by atoms with Gasteiger partial charge in [0.05, 0.1) is 6.10 Å². The first-order valence-electron chi connectivity index (χ1n) is 7.06. The van der Waals surface area contributed by atoms with Gasteiger partial charge in [0.2, 0.25) is 0 Å². The molecule has 2 heteroatoms. The molecule has 17 heavy (non-hydrogen) atoms. The molecule has 0 aromatic heterocycles. The van der Waals surface area contributed by atoms with E-state index in [-0.39, 0.29) is 16.9 Å². The molecule has 1 spiro atoms. The maximum Gasteiger partial charge on any atom is 0.127 e. The van der Waals surface area contributed by atoms with Crippen LogP contribution in [0, 0.1) is 28.1 Å². The van der Waals surface area contributed by atoms with E-state index < -0.39 is 0 Å². The Morgan fingerprint density at radius 2 is 1.94 bits per heavy atom. The summed E-state index contributed by atoms with van der Waals surface area (Å²) < 4.78 is 0. The van der Waals surface area contributed by atoms with Gasteiger partial charge in [-0.25, -0.2) is 0 Å². The molecule has 3 rings (SSSR count). The van der Waals surface area contributed by atoms with Crippen LogP contribution in [0.1, 0.15) is 52.9 Å². The first-order valence-corrected chi connectivity index (χ1v) is 7.06. The fourth-order valence-corrected chi connectivity index (χ4v) is 5.44. The molecule has 0 heterocycles. The summed E-state index contributed by atoms with van der Waals surface area (Å²) in [6, 6.07) is 0. The van der Waals surface area contributed by atoms with Crippen LogP contribution in [-0.4, -0.2) is 17.5 Å². The Hall–Kier alpha value is -0.370. The number of aldehydes is 1. The number of hydrogen-bond donors (Lipinski definition) is 1. The molecule has 3 aliphatic carbocycles. The van der Waals surface area contributed by atoms with Crippen molar-refractivity contribution in [1.82, 2.24) is 0 Å². The summed E-state index contributed by atoms with van der Waals surface area (Å²) in [5, 5.41) is 10.0. The van der Waals surface area contributed by atoms with Crippen LogP contribution in [0.25, 0.3) is 0 Å². The molecule has 0 aliphatic heterocycles. The van der Waals surface area contributed by atoms with Crippen molar-refractivity contribution in [3.05, 3.63) is 0 Å². The second-order valence-corrected chi connectivity index (χ2v) is 7.39. The number of carbonyl (C=O) groups is 1. The minimum Gasteiger partial charge on any atom is -0.393 e. The average Bonchev–Trinajstić information content (AvgIpc) is 2.77. The van der Waals surface area contributed by atoms with Gasteiger partial charge in [-0.3, -0.25) is 0 Å². The average molecular weight is 236 g/mol. The lowest BCUT2D eigenvalue weighted by Crippen LogP contribution is -2.40. The lowest BCUT2D eigenvalue weighted by atomic mass is 9.58. The molecule has 3 saturated carbocycles. The van der Waals surface area contributed by atoms with E-state index in [1.807, 2.05) is 0 Å². The standard InChI is InChI=1S/C15H24O2/c1-10-4-7-15-12(8-13(15,2)3)14(15,9-16)6-5-11(10)17/h9-12,17H,4-8H2,1-3H3. The van der Waals surface area contributed by atoms with Gasteiger partial charge in [0.1, 0.15) is 6.29 Å². The number of aliphatic hydroxyl groups is 1. The van der Waals surface area contributed by atoms with Gasteiger partial charge >= 0.3 is 0 Å². The smallest absolute Gasteiger partial charge is 0.127 e. The predicted molar refractivity (Wildman–Crippen MR) is 66.5 cm³/mol. The lowest BCUT2D eigenvalue weighted by molar-refractivity contribution is -0.115. The maximum absolute atomic E-state index is 11.6. The van der Waals surface area contributed by atoms with Crippen LogP contribution < -0.4 is 0 Å². The molecule has 0 saturated heterocycles. The highest BCUT2D eigenvalue weighted by Gasteiger charge is 2.86. The zero-order chi connectivity index (χ0) is 12.5. The van der Waals surface area contributed by atoms with E-state index in [0.29, 0.717) is 17.3 Å². The van der Waals surface area contributed by atoms with Gasteiger partial charge in [0.25, 0.3) is 0 Å². The molecular weight excluding hydrogens is 212 g/mol. The molecule has 0 aromatic rings. The summed E-state index contributed by atoms with van der Waals surface area (Å²) in [5.74, 6) is 1.02. The molecular formula is C15H24O2. The number of rotatable bonds is 1. The Balaban J connectivity index is 1.92. The van der Waals surface area contributed by atoms with Gasteiger partial charge in [-0.15, -0.1) is 0 Å². The van der Waals surface area contributed by atoms with Gasteiger partial charge < -0.3 is 9.90 Å². The van der Waals surface area contributed by atoms with E-state index in [1.165, 1.54) is 12.7 Å². The SMILES string of the molecule is CC1CCC23C(CC2(C)C)C3(C=O)CCC1O. The second kappa shape index (κ2) is 3.14. The fourth-order valence-electron chi connectivity index (χ4n) is 5.44. The Bertz CT molecular complexity index is 362. The first-order chi connectivity index (χ1) is 7.91. The number of hydrogen-bond acceptors (Lipinski definition) is 2. The van der Waals surface area contributed by atoms with Crippen molar-refractivity contribution in [3.8, 4) is 0 Å². The summed E-state index contributed by atoms with van der Waals surface area (Å²) in [4.78, 5) is 11.6. The number of fused-ring (bicyclic) bond motifs is 1. The topological polar surface area (TPSA) is 37.3 Å². The summed E-state index contributed by atoms with van der Waals surface area (Å²) in [7, 11) is 0. The third-order valence-corrected chi connectivity index (χ3v) is 6.60. The van der Waals surface area contributed by atoms with Crippen molar-refractivity contribution in [2.75, 3.05) is 0 Å². The van der Waals surface area contributed by atoms with E-state index in [0.717, 1.165) is 25.7 Å². The number of aliphatic hydroxyl groups excluding tert-OH is 1. The minimum absolute atomic E-state index is 0.0718. The Kier molecular flexibility index (Phi) is 2.16. The van der Waals surface area contributed by atoms with Crippen LogP contribution in [-0.2, 0) is 4.79 Å². The van der Waals surface area contributed by atoms with Crippen molar-refractivity contribution in [2.45, 2.75) is 59.0 Å². The predicted octanol–water partition coefficient (Wildman–Crippen LogP) is 2.79. The summed E-state index contributed by atoms with van der Waals surface area (Å²) in [6.45, 7) is 6.81. The van der Waals surface area contributed by atoms with Crippen molar-refractivity contribution < 1.29 is 9.90 Å². The Morgan fingerprint density at radius 3 is 2.53 bits per heavy atom. The molecule has 1 N–H and O–H groups in total. The van der Waals surface area contributed by atoms with Crippen molar-refractivity contribution in [2.24, 2.45) is 28.1 Å². The molecule has 0 amide bonds. The van der Waals surface area contributed by atoms with Crippen LogP contribution in [0.4, 0.5) is 0 Å². The fraction of sp³-hybridized carbons (Fsp3) is 0.933. The highest BCUT2D eigenvalue weighted by atomic mass is 16.3. The third-order valence-electron chi connectivity index (χ3n) is 6.60. The normalized spacial score (nSPS) is 55.6. The van der Waals surface area contributed by atoms with Crippen molar-refractivity contribution in [3.63, 3.8) is 0 Å². The van der Waals surface area contributed by atoms with E-state index in [9.17, 15) is 9.90 Å². The van der Waals surface area contributed by atoms with Crippen LogP contribution in [0.3, 0.4) is 0 Å². The molecule has 3 aliphatic rings. The van der Waals surface area contributed by atoms with Crippen molar-refractivity contribution >= 4 is 6.29 Å². The highest BCUT2D eigenvalue weighted by molar-refractivity contribution is 5.71. The van der Waals surface area contributed by atoms with E-state index >= 15 is 0 Å². The molecule has 0 aromatic carbocycles. The molecule has 3 fully saturated rings. The largest absolute Gasteiger partial charge is 0.393 e. The molecule has 96 valence electrons. The van der Waals surface area contributed by atoms with E-state index in [2.05, 4.69) is 20.8 Å². The third kappa shape index (κ3) is 1.09. The summed E-state index contributed by atoms with van der Waals surface area (Å²) in [5.41, 5.74) is 0.550. The molecule has 5 atom stereocenters. The molecule has 0 radical (unpaired) electrons. The summed E-state index contributed by atoms with van der Waals surface area (Å²) >= 11 is 0. The summed E-state index contributed by atoms with van der Waals surface area (Å²) in [6.07, 6.45) is 6.20.